The zero-order valence-corrected chi connectivity index (χ0v) is 15.6. The number of fused-ring (bicyclic) bond motifs is 1. The first-order chi connectivity index (χ1) is 13.0. The minimum atomic E-state index is -0.914. The highest BCUT2D eigenvalue weighted by Gasteiger charge is 2.50. The predicted molar refractivity (Wildman–Crippen MR) is 104 cm³/mol. The molecule has 3 atom stereocenters. The highest BCUT2D eigenvalue weighted by molar-refractivity contribution is 5.94. The standard InChI is InChI=1S/C22H26N2O3/c1-15-11-12-17(20(25)23-15)21(26)24-14-13-22(27,16-7-3-2-4-8-16)18-9-5-6-10-19(18)24/h2-4,7-8,11-12,18-19,27H,5-6,9-10,13-14H2,1H3,(H,23,25)/t18-,19?,22-/m1/s1. The number of hydrogen-bond donors (Lipinski definition) is 2. The Hall–Kier alpha value is -2.40. The van der Waals surface area contributed by atoms with Crippen molar-refractivity contribution in [1.82, 2.24) is 9.88 Å². The van der Waals surface area contributed by atoms with E-state index in [4.69, 9.17) is 0 Å². The van der Waals surface area contributed by atoms with E-state index in [1.54, 1.807) is 19.1 Å². The van der Waals surface area contributed by atoms with Crippen LogP contribution >= 0.6 is 0 Å². The fourth-order valence-corrected chi connectivity index (χ4v) is 4.92. The molecule has 4 rings (SSSR count). The molecular formula is C22H26N2O3. The number of amides is 1. The smallest absolute Gasteiger partial charge is 0.260 e. The second-order valence-corrected chi connectivity index (χ2v) is 7.88. The number of benzene rings is 1. The summed E-state index contributed by atoms with van der Waals surface area (Å²) in [6.45, 7) is 2.26. The van der Waals surface area contributed by atoms with Crippen LogP contribution in [0.25, 0.3) is 0 Å². The second-order valence-electron chi connectivity index (χ2n) is 7.88. The first kappa shape index (κ1) is 18.0. The molecule has 2 aromatic rings. The molecule has 1 saturated carbocycles. The number of pyridine rings is 1. The van der Waals surface area contributed by atoms with Crippen LogP contribution in [0.15, 0.2) is 47.3 Å². The van der Waals surface area contributed by atoms with Crippen molar-refractivity contribution in [1.29, 1.82) is 0 Å². The van der Waals surface area contributed by atoms with Crippen molar-refractivity contribution in [2.75, 3.05) is 6.54 Å². The number of aromatic amines is 1. The molecule has 2 heterocycles. The maximum Gasteiger partial charge on any atom is 0.260 e. The number of H-pyrrole nitrogens is 1. The summed E-state index contributed by atoms with van der Waals surface area (Å²) in [4.78, 5) is 30.0. The minimum absolute atomic E-state index is 0.00381. The average molecular weight is 366 g/mol. The van der Waals surface area contributed by atoms with E-state index >= 15 is 0 Å². The quantitative estimate of drug-likeness (QED) is 0.858. The minimum Gasteiger partial charge on any atom is -0.385 e. The molecule has 0 radical (unpaired) electrons. The third kappa shape index (κ3) is 3.10. The molecule has 1 aliphatic heterocycles. The largest absolute Gasteiger partial charge is 0.385 e. The van der Waals surface area contributed by atoms with E-state index in [0.29, 0.717) is 13.0 Å². The molecule has 0 bridgehead atoms. The number of hydrogen-bond acceptors (Lipinski definition) is 3. The Morgan fingerprint density at radius 1 is 1.15 bits per heavy atom. The van der Waals surface area contributed by atoms with Gasteiger partial charge in [0.1, 0.15) is 5.56 Å². The number of rotatable bonds is 2. The third-order valence-corrected chi connectivity index (χ3v) is 6.30. The molecule has 5 nitrogen and oxygen atoms in total. The molecule has 5 heteroatoms. The van der Waals surface area contributed by atoms with Crippen LogP contribution in [0, 0.1) is 12.8 Å². The molecule has 2 fully saturated rings. The van der Waals surface area contributed by atoms with Gasteiger partial charge >= 0.3 is 0 Å². The van der Waals surface area contributed by atoms with E-state index in [1.807, 2.05) is 35.2 Å². The molecule has 1 saturated heterocycles. The molecule has 1 aromatic carbocycles. The Balaban J connectivity index is 1.67. The van der Waals surface area contributed by atoms with Gasteiger partial charge in [0.2, 0.25) is 0 Å². The fourth-order valence-electron chi connectivity index (χ4n) is 4.92. The number of nitrogens with one attached hydrogen (secondary N) is 1. The molecule has 2 aliphatic rings. The lowest BCUT2D eigenvalue weighted by Crippen LogP contribution is -2.59. The fraction of sp³-hybridized carbons (Fsp3) is 0.455. The summed E-state index contributed by atoms with van der Waals surface area (Å²) >= 11 is 0. The zero-order valence-electron chi connectivity index (χ0n) is 15.6. The van der Waals surface area contributed by atoms with Crippen molar-refractivity contribution < 1.29 is 9.90 Å². The van der Waals surface area contributed by atoms with Gasteiger partial charge in [0, 0.05) is 24.2 Å². The molecule has 1 unspecified atom stereocenters. The van der Waals surface area contributed by atoms with Crippen molar-refractivity contribution in [3.63, 3.8) is 0 Å². The van der Waals surface area contributed by atoms with Gasteiger partial charge in [0.15, 0.2) is 0 Å². The van der Waals surface area contributed by atoms with Crippen LogP contribution in [0.4, 0.5) is 0 Å². The molecule has 142 valence electrons. The van der Waals surface area contributed by atoms with Crippen LogP contribution in [0.3, 0.4) is 0 Å². The number of carbonyl (C=O) groups is 1. The van der Waals surface area contributed by atoms with Crippen LogP contribution in [-0.2, 0) is 5.60 Å². The lowest BCUT2D eigenvalue weighted by atomic mass is 9.66. The highest BCUT2D eigenvalue weighted by atomic mass is 16.3. The highest BCUT2D eigenvalue weighted by Crippen LogP contribution is 2.47. The summed E-state index contributed by atoms with van der Waals surface area (Å²) in [6, 6.07) is 13.2. The Bertz CT molecular complexity index is 892. The van der Waals surface area contributed by atoms with Crippen LogP contribution in [0.5, 0.6) is 0 Å². The number of aromatic nitrogens is 1. The Morgan fingerprint density at radius 3 is 2.63 bits per heavy atom. The number of likely N-dealkylation sites (tertiary alicyclic amines) is 1. The molecule has 1 aromatic heterocycles. The van der Waals surface area contributed by atoms with E-state index in [-0.39, 0.29) is 29.0 Å². The normalized spacial score (nSPS) is 27.9. The van der Waals surface area contributed by atoms with Crippen molar-refractivity contribution in [3.05, 3.63) is 69.6 Å². The van der Waals surface area contributed by atoms with Gasteiger partial charge in [0.25, 0.3) is 11.5 Å². The summed E-state index contributed by atoms with van der Waals surface area (Å²) in [5.41, 5.74) is 0.612. The average Bonchev–Trinajstić information content (AvgIpc) is 2.69. The first-order valence-corrected chi connectivity index (χ1v) is 9.79. The van der Waals surface area contributed by atoms with E-state index in [2.05, 4.69) is 4.98 Å². The van der Waals surface area contributed by atoms with E-state index in [9.17, 15) is 14.7 Å². The third-order valence-electron chi connectivity index (χ3n) is 6.30. The van der Waals surface area contributed by atoms with Gasteiger partial charge in [-0.15, -0.1) is 0 Å². The van der Waals surface area contributed by atoms with E-state index in [1.165, 1.54) is 0 Å². The van der Waals surface area contributed by atoms with Crippen molar-refractivity contribution in [2.24, 2.45) is 5.92 Å². The van der Waals surface area contributed by atoms with Crippen LogP contribution in [-0.4, -0.2) is 33.5 Å². The number of carbonyl (C=O) groups excluding carboxylic acids is 1. The predicted octanol–water partition coefficient (Wildman–Crippen LogP) is 2.98. The maximum atomic E-state index is 13.2. The van der Waals surface area contributed by atoms with E-state index < -0.39 is 5.60 Å². The monoisotopic (exact) mass is 366 g/mol. The SMILES string of the molecule is Cc1ccc(C(=O)N2CC[C@@](O)(c3ccccc3)[C@@H]3CCCCC32)c(=O)[nH]1. The maximum absolute atomic E-state index is 13.2. The van der Waals surface area contributed by atoms with Crippen LogP contribution in [0.1, 0.15) is 53.7 Å². The number of nitrogens with zero attached hydrogens (tertiary/aromatic N) is 1. The summed E-state index contributed by atoms with van der Waals surface area (Å²) in [7, 11) is 0. The van der Waals surface area contributed by atoms with Gasteiger partial charge in [0.05, 0.1) is 5.60 Å². The van der Waals surface area contributed by atoms with Gasteiger partial charge in [-0.25, -0.2) is 0 Å². The molecule has 0 spiro atoms. The zero-order chi connectivity index (χ0) is 19.0. The first-order valence-electron chi connectivity index (χ1n) is 9.79. The number of aryl methyl sites for hydroxylation is 1. The lowest BCUT2D eigenvalue weighted by Gasteiger charge is -2.52. The molecular weight excluding hydrogens is 340 g/mol. The van der Waals surface area contributed by atoms with Crippen LogP contribution < -0.4 is 5.56 Å². The summed E-state index contributed by atoms with van der Waals surface area (Å²) in [6.07, 6.45) is 4.36. The topological polar surface area (TPSA) is 73.4 Å². The summed E-state index contributed by atoms with van der Waals surface area (Å²) in [5, 5.41) is 11.6. The number of piperidine rings is 1. The lowest BCUT2D eigenvalue weighted by molar-refractivity contribution is -0.110. The van der Waals surface area contributed by atoms with Crippen molar-refractivity contribution in [3.8, 4) is 0 Å². The van der Waals surface area contributed by atoms with Gasteiger partial charge < -0.3 is 15.0 Å². The van der Waals surface area contributed by atoms with Crippen LogP contribution in [0.2, 0.25) is 0 Å². The molecule has 27 heavy (non-hydrogen) atoms. The number of aliphatic hydroxyl groups is 1. The van der Waals surface area contributed by atoms with Crippen molar-refractivity contribution in [2.45, 2.75) is 50.7 Å². The van der Waals surface area contributed by atoms with E-state index in [0.717, 1.165) is 36.9 Å². The second kappa shape index (κ2) is 6.97. The Morgan fingerprint density at radius 2 is 1.89 bits per heavy atom. The van der Waals surface area contributed by atoms with Gasteiger partial charge in [-0.1, -0.05) is 43.2 Å². The van der Waals surface area contributed by atoms with Gasteiger partial charge in [-0.3, -0.25) is 9.59 Å². The molecule has 1 aliphatic carbocycles. The Labute approximate surface area is 159 Å². The van der Waals surface area contributed by atoms with Crippen molar-refractivity contribution >= 4 is 5.91 Å². The van der Waals surface area contributed by atoms with Gasteiger partial charge in [-0.2, -0.15) is 0 Å². The molecule has 2 N–H and O–H groups in total. The van der Waals surface area contributed by atoms with Gasteiger partial charge in [-0.05, 0) is 43.9 Å². The summed E-state index contributed by atoms with van der Waals surface area (Å²) in [5.74, 6) is -0.223. The Kier molecular flexibility index (Phi) is 4.64. The summed E-state index contributed by atoms with van der Waals surface area (Å²) < 4.78 is 0. The molecule has 1 amide bonds.